The van der Waals surface area contributed by atoms with E-state index in [0.29, 0.717) is 23.4 Å². The second-order valence-corrected chi connectivity index (χ2v) is 10.7. The van der Waals surface area contributed by atoms with E-state index in [1.54, 1.807) is 18.3 Å². The van der Waals surface area contributed by atoms with E-state index in [-0.39, 0.29) is 28.1 Å². The molecule has 0 bridgehead atoms. The second-order valence-electron chi connectivity index (χ2n) is 10.3. The molecule has 39 heavy (non-hydrogen) atoms. The minimum atomic E-state index is -0.843. The first-order valence-corrected chi connectivity index (χ1v) is 13.5. The number of hydrogen-bond donors (Lipinski definition) is 1. The predicted molar refractivity (Wildman–Crippen MR) is 150 cm³/mol. The Bertz CT molecular complexity index is 1800. The number of aromatic hydroxyl groups is 1. The van der Waals surface area contributed by atoms with Crippen LogP contribution in [0.5, 0.6) is 5.88 Å². The summed E-state index contributed by atoms with van der Waals surface area (Å²) < 4.78 is 25.2. The highest BCUT2D eigenvalue weighted by Crippen LogP contribution is 2.42. The Hall–Kier alpha value is -3.75. The van der Waals surface area contributed by atoms with Gasteiger partial charge in [0, 0.05) is 17.6 Å². The van der Waals surface area contributed by atoms with Crippen molar-refractivity contribution in [2.75, 3.05) is 6.61 Å². The minimum Gasteiger partial charge on any atom is -0.493 e. The smallest absolute Gasteiger partial charge is 0.355 e. The van der Waals surface area contributed by atoms with Crippen molar-refractivity contribution in [2.24, 2.45) is 0 Å². The number of ether oxygens (including phenoxy) is 1. The summed E-state index contributed by atoms with van der Waals surface area (Å²) in [5, 5.41) is 15.6. The average molecular weight is 547 g/mol. The summed E-state index contributed by atoms with van der Waals surface area (Å²) in [5.41, 5.74) is 3.73. The van der Waals surface area contributed by atoms with Gasteiger partial charge in [-0.1, -0.05) is 49.7 Å². The van der Waals surface area contributed by atoms with Crippen molar-refractivity contribution in [3.8, 4) is 22.7 Å². The number of hydrogen-bond acceptors (Lipinski definition) is 5. The van der Waals surface area contributed by atoms with Gasteiger partial charge in [0.05, 0.1) is 33.3 Å². The SMILES string of the molecule is Cc1ccc2c(cnn2C2CCCCO2)c1-c1cc2c(c(O)nc(=O)n2-c2ccccc2C(C)C)c(F)c1Cl. The van der Waals surface area contributed by atoms with E-state index < -0.39 is 17.4 Å². The van der Waals surface area contributed by atoms with Crippen molar-refractivity contribution < 1.29 is 14.2 Å². The fraction of sp³-hybridized carbons (Fsp3) is 0.300. The lowest BCUT2D eigenvalue weighted by Crippen LogP contribution is -2.23. The third-order valence-electron chi connectivity index (χ3n) is 7.53. The Balaban J connectivity index is 1.67. The van der Waals surface area contributed by atoms with Gasteiger partial charge in [-0.3, -0.25) is 4.57 Å². The topological polar surface area (TPSA) is 82.2 Å². The van der Waals surface area contributed by atoms with Crippen LogP contribution in [0.1, 0.15) is 56.4 Å². The summed E-state index contributed by atoms with van der Waals surface area (Å²) in [7, 11) is 0. The zero-order valence-corrected chi connectivity index (χ0v) is 22.7. The van der Waals surface area contributed by atoms with Crippen LogP contribution in [0.3, 0.4) is 0 Å². The van der Waals surface area contributed by atoms with E-state index in [2.05, 4.69) is 10.1 Å². The van der Waals surface area contributed by atoms with Crippen LogP contribution < -0.4 is 5.69 Å². The molecule has 5 aromatic rings. The molecule has 1 atom stereocenters. The Labute approximate surface area is 229 Å². The van der Waals surface area contributed by atoms with E-state index in [0.717, 1.165) is 41.3 Å². The van der Waals surface area contributed by atoms with Crippen LogP contribution in [0.15, 0.2) is 53.5 Å². The number of halogens is 2. The summed E-state index contributed by atoms with van der Waals surface area (Å²) in [6, 6.07) is 13.0. The van der Waals surface area contributed by atoms with Gasteiger partial charge in [-0.15, -0.1) is 0 Å². The van der Waals surface area contributed by atoms with E-state index >= 15 is 4.39 Å². The van der Waals surface area contributed by atoms with Gasteiger partial charge in [0.1, 0.15) is 0 Å². The number of aromatic nitrogens is 4. The molecule has 1 N–H and O–H groups in total. The minimum absolute atomic E-state index is 0.0809. The lowest BCUT2D eigenvalue weighted by atomic mass is 9.95. The summed E-state index contributed by atoms with van der Waals surface area (Å²) in [5.74, 6) is -1.46. The molecule has 3 aromatic carbocycles. The summed E-state index contributed by atoms with van der Waals surface area (Å²) in [6.07, 6.45) is 4.52. The molecule has 1 aliphatic rings. The lowest BCUT2D eigenvalue weighted by molar-refractivity contribution is -0.0366. The van der Waals surface area contributed by atoms with Gasteiger partial charge < -0.3 is 9.84 Å². The van der Waals surface area contributed by atoms with Crippen molar-refractivity contribution in [2.45, 2.75) is 52.2 Å². The first-order valence-electron chi connectivity index (χ1n) is 13.1. The highest BCUT2D eigenvalue weighted by molar-refractivity contribution is 6.35. The van der Waals surface area contributed by atoms with Gasteiger partial charge >= 0.3 is 5.69 Å². The molecule has 2 aromatic heterocycles. The van der Waals surface area contributed by atoms with E-state index in [1.165, 1.54) is 4.57 Å². The fourth-order valence-electron chi connectivity index (χ4n) is 5.63. The second kappa shape index (κ2) is 9.77. The normalized spacial score (nSPS) is 16.0. The molecule has 1 saturated heterocycles. The molecule has 1 aliphatic heterocycles. The van der Waals surface area contributed by atoms with Crippen molar-refractivity contribution in [3.05, 3.63) is 81.1 Å². The summed E-state index contributed by atoms with van der Waals surface area (Å²) in [4.78, 5) is 17.0. The predicted octanol–water partition coefficient (Wildman–Crippen LogP) is 7.03. The van der Waals surface area contributed by atoms with Crippen LogP contribution in [-0.2, 0) is 4.74 Å². The molecule has 1 fully saturated rings. The summed E-state index contributed by atoms with van der Waals surface area (Å²) in [6.45, 7) is 6.63. The van der Waals surface area contributed by atoms with Crippen molar-refractivity contribution >= 4 is 33.4 Å². The first-order chi connectivity index (χ1) is 18.8. The molecular formula is C30H28ClFN4O3. The molecule has 6 rings (SSSR count). The van der Waals surface area contributed by atoms with Gasteiger partial charge in [0.25, 0.3) is 0 Å². The fourth-order valence-corrected chi connectivity index (χ4v) is 5.87. The van der Waals surface area contributed by atoms with Crippen LogP contribution in [0.25, 0.3) is 38.6 Å². The number of aryl methyl sites for hydroxylation is 1. The van der Waals surface area contributed by atoms with Gasteiger partial charge in [-0.05, 0) is 67.0 Å². The van der Waals surface area contributed by atoms with Crippen LogP contribution in [0, 0.1) is 12.7 Å². The molecule has 1 unspecified atom stereocenters. The third kappa shape index (κ3) is 4.10. The van der Waals surface area contributed by atoms with E-state index in [9.17, 15) is 9.90 Å². The molecule has 0 aliphatic carbocycles. The lowest BCUT2D eigenvalue weighted by Gasteiger charge is -2.23. The monoisotopic (exact) mass is 546 g/mol. The highest BCUT2D eigenvalue weighted by atomic mass is 35.5. The van der Waals surface area contributed by atoms with Crippen LogP contribution in [0.4, 0.5) is 4.39 Å². The van der Waals surface area contributed by atoms with E-state index in [1.807, 2.05) is 55.8 Å². The van der Waals surface area contributed by atoms with Crippen molar-refractivity contribution in [3.63, 3.8) is 0 Å². The molecule has 0 radical (unpaired) electrons. The number of nitrogens with zero attached hydrogens (tertiary/aromatic N) is 4. The van der Waals surface area contributed by atoms with Gasteiger partial charge in [0.15, 0.2) is 12.0 Å². The maximum atomic E-state index is 16.0. The molecule has 9 heteroatoms. The maximum absolute atomic E-state index is 16.0. The highest BCUT2D eigenvalue weighted by Gasteiger charge is 2.26. The molecule has 0 spiro atoms. The molecule has 0 amide bonds. The first kappa shape index (κ1) is 25.5. The van der Waals surface area contributed by atoms with Crippen molar-refractivity contribution in [1.82, 2.24) is 19.3 Å². The largest absolute Gasteiger partial charge is 0.493 e. The number of rotatable bonds is 4. The number of benzene rings is 3. The van der Waals surface area contributed by atoms with Crippen molar-refractivity contribution in [1.29, 1.82) is 0 Å². The van der Waals surface area contributed by atoms with Crippen LogP contribution in [0.2, 0.25) is 5.02 Å². The zero-order chi connectivity index (χ0) is 27.4. The van der Waals surface area contributed by atoms with E-state index in [4.69, 9.17) is 16.3 Å². The number of para-hydroxylation sites is 1. The standard InChI is InChI=1S/C30H28ClFN4O3/c1-16(2)18-8-4-5-9-21(18)35-23-14-19(27(31)28(32)26(23)29(37)34-30(35)38)25-17(3)11-12-22-20(25)15-33-36(22)24-10-6-7-13-39-24/h4-5,8-9,11-12,14-16,24H,6-7,10,13H2,1-3H3,(H,34,37,38). The molecular weight excluding hydrogens is 519 g/mol. The summed E-state index contributed by atoms with van der Waals surface area (Å²) >= 11 is 6.67. The number of fused-ring (bicyclic) bond motifs is 2. The molecule has 7 nitrogen and oxygen atoms in total. The zero-order valence-electron chi connectivity index (χ0n) is 21.9. The van der Waals surface area contributed by atoms with Crippen LogP contribution >= 0.6 is 11.6 Å². The average Bonchev–Trinajstić information content (AvgIpc) is 3.35. The Kier molecular flexibility index (Phi) is 6.40. The Morgan fingerprint density at radius 1 is 1.15 bits per heavy atom. The van der Waals surface area contributed by atoms with Gasteiger partial charge in [0.2, 0.25) is 5.88 Å². The third-order valence-corrected chi connectivity index (χ3v) is 7.90. The van der Waals surface area contributed by atoms with Crippen LogP contribution in [-0.4, -0.2) is 31.0 Å². The molecule has 0 saturated carbocycles. The molecule has 200 valence electrons. The maximum Gasteiger partial charge on any atom is 0.355 e. The quantitative estimate of drug-likeness (QED) is 0.261. The van der Waals surface area contributed by atoms with Gasteiger partial charge in [-0.25, -0.2) is 13.9 Å². The molecule has 3 heterocycles. The van der Waals surface area contributed by atoms with Gasteiger partial charge in [-0.2, -0.15) is 10.1 Å². The Morgan fingerprint density at radius 3 is 2.69 bits per heavy atom. The Morgan fingerprint density at radius 2 is 1.95 bits per heavy atom.